The number of carbonyl (C=O) groups excluding carboxylic acids is 1. The number of halogens is 3. The topological polar surface area (TPSA) is 71.8 Å². The Labute approximate surface area is 192 Å². The second-order valence-electron chi connectivity index (χ2n) is 7.37. The van der Waals surface area contributed by atoms with Crippen molar-refractivity contribution in [2.45, 2.75) is 6.04 Å². The van der Waals surface area contributed by atoms with Crippen molar-refractivity contribution < 1.29 is 13.6 Å². The van der Waals surface area contributed by atoms with Gasteiger partial charge in [-0.05, 0) is 65.7 Å². The number of aromatic nitrogens is 3. The van der Waals surface area contributed by atoms with Crippen LogP contribution in [0.3, 0.4) is 0 Å². The van der Waals surface area contributed by atoms with Gasteiger partial charge in [0.1, 0.15) is 17.7 Å². The Bertz CT molecular complexity index is 1350. The molecule has 33 heavy (non-hydrogen) atoms. The lowest BCUT2D eigenvalue weighted by molar-refractivity contribution is 0.102. The van der Waals surface area contributed by atoms with Crippen molar-refractivity contribution in [1.29, 1.82) is 0 Å². The third-order valence-corrected chi connectivity index (χ3v) is 5.42. The summed E-state index contributed by atoms with van der Waals surface area (Å²) in [4.78, 5) is 16.9. The molecule has 3 aromatic carbocycles. The fraction of sp³-hybridized carbons (Fsp3) is 0.0417. The van der Waals surface area contributed by atoms with Crippen molar-refractivity contribution in [1.82, 2.24) is 14.8 Å². The average molecular weight is 464 g/mol. The molecular formula is C24H16ClF2N5O. The van der Waals surface area contributed by atoms with Crippen LogP contribution in [0.5, 0.6) is 0 Å². The normalized spacial score (nSPS) is 14.8. The highest BCUT2D eigenvalue weighted by atomic mass is 35.5. The quantitative estimate of drug-likeness (QED) is 0.418. The molecule has 6 nitrogen and oxygen atoms in total. The molecule has 2 heterocycles. The van der Waals surface area contributed by atoms with Crippen molar-refractivity contribution in [3.05, 3.63) is 112 Å². The smallest absolute Gasteiger partial charge is 0.258 e. The van der Waals surface area contributed by atoms with Gasteiger partial charge in [0.25, 0.3) is 11.9 Å². The molecule has 1 aliphatic heterocycles. The Morgan fingerprint density at radius 1 is 0.939 bits per heavy atom. The highest BCUT2D eigenvalue weighted by Crippen LogP contribution is 2.33. The van der Waals surface area contributed by atoms with Crippen molar-refractivity contribution >= 4 is 35.1 Å². The molecule has 1 aromatic heterocycles. The van der Waals surface area contributed by atoms with E-state index < -0.39 is 17.8 Å². The van der Waals surface area contributed by atoms with Crippen LogP contribution in [0.25, 0.3) is 5.70 Å². The molecule has 0 radical (unpaired) electrons. The van der Waals surface area contributed by atoms with Gasteiger partial charge in [0, 0.05) is 16.3 Å². The SMILES string of the molecule is O=C(Nc1nc2n(n1)C(c1ccc(F)cc1)C=C(c1ccc(Cl)cc1)N2)c1ccc(F)cc1. The molecule has 1 aliphatic rings. The number of nitrogens with zero attached hydrogens (tertiary/aromatic N) is 3. The van der Waals surface area contributed by atoms with Gasteiger partial charge in [-0.1, -0.05) is 35.9 Å². The lowest BCUT2D eigenvalue weighted by Crippen LogP contribution is -2.20. The number of nitrogens with one attached hydrogen (secondary N) is 2. The Morgan fingerprint density at radius 3 is 2.24 bits per heavy atom. The minimum atomic E-state index is -0.470. The number of fused-ring (bicyclic) bond motifs is 1. The molecule has 0 spiro atoms. The number of benzene rings is 3. The van der Waals surface area contributed by atoms with E-state index in [1.807, 2.05) is 18.2 Å². The summed E-state index contributed by atoms with van der Waals surface area (Å²) in [6.45, 7) is 0. The molecule has 1 amide bonds. The van der Waals surface area contributed by atoms with Gasteiger partial charge >= 0.3 is 0 Å². The van der Waals surface area contributed by atoms with Crippen LogP contribution in [0.1, 0.15) is 27.5 Å². The summed E-state index contributed by atoms with van der Waals surface area (Å²) in [5.74, 6) is -0.784. The van der Waals surface area contributed by atoms with E-state index in [4.69, 9.17) is 11.6 Å². The van der Waals surface area contributed by atoms with E-state index in [0.29, 0.717) is 11.0 Å². The largest absolute Gasteiger partial charge is 0.324 e. The van der Waals surface area contributed by atoms with Gasteiger partial charge < -0.3 is 5.32 Å². The number of hydrogen-bond acceptors (Lipinski definition) is 4. The van der Waals surface area contributed by atoms with E-state index in [0.717, 1.165) is 16.8 Å². The van der Waals surface area contributed by atoms with Gasteiger partial charge in [0.15, 0.2) is 0 Å². The number of amides is 1. The number of carbonyl (C=O) groups is 1. The fourth-order valence-corrected chi connectivity index (χ4v) is 3.64. The molecule has 0 aliphatic carbocycles. The van der Waals surface area contributed by atoms with E-state index in [9.17, 15) is 13.6 Å². The molecule has 2 N–H and O–H groups in total. The Hall–Kier alpha value is -4.04. The van der Waals surface area contributed by atoms with Crippen LogP contribution < -0.4 is 10.6 Å². The predicted octanol–water partition coefficient (Wildman–Crippen LogP) is 5.52. The lowest BCUT2D eigenvalue weighted by Gasteiger charge is -2.24. The van der Waals surface area contributed by atoms with Gasteiger partial charge in [-0.25, -0.2) is 13.5 Å². The van der Waals surface area contributed by atoms with Crippen LogP contribution in [0.2, 0.25) is 5.02 Å². The van der Waals surface area contributed by atoms with Gasteiger partial charge in [-0.2, -0.15) is 4.98 Å². The maximum Gasteiger partial charge on any atom is 0.258 e. The Balaban J connectivity index is 1.50. The van der Waals surface area contributed by atoms with Crippen LogP contribution in [-0.2, 0) is 0 Å². The lowest BCUT2D eigenvalue weighted by atomic mass is 10.0. The van der Waals surface area contributed by atoms with E-state index >= 15 is 0 Å². The van der Waals surface area contributed by atoms with Crippen LogP contribution in [0, 0.1) is 11.6 Å². The zero-order valence-corrected chi connectivity index (χ0v) is 17.7. The van der Waals surface area contributed by atoms with Crippen molar-refractivity contribution in [3.63, 3.8) is 0 Å². The predicted molar refractivity (Wildman–Crippen MR) is 122 cm³/mol. The maximum absolute atomic E-state index is 13.5. The zero-order chi connectivity index (χ0) is 22.9. The molecule has 5 rings (SSSR count). The van der Waals surface area contributed by atoms with Crippen LogP contribution >= 0.6 is 11.6 Å². The molecule has 4 aromatic rings. The van der Waals surface area contributed by atoms with Gasteiger partial charge in [0.05, 0.1) is 0 Å². The first-order valence-electron chi connectivity index (χ1n) is 10.00. The van der Waals surface area contributed by atoms with E-state index in [2.05, 4.69) is 20.7 Å². The summed E-state index contributed by atoms with van der Waals surface area (Å²) in [5, 5.41) is 10.9. The monoisotopic (exact) mass is 463 g/mol. The van der Waals surface area contributed by atoms with E-state index in [1.54, 1.807) is 28.9 Å². The molecule has 9 heteroatoms. The molecule has 1 atom stereocenters. The molecular weight excluding hydrogens is 448 g/mol. The van der Waals surface area contributed by atoms with Gasteiger partial charge in [0.2, 0.25) is 5.95 Å². The summed E-state index contributed by atoms with van der Waals surface area (Å²) in [6.07, 6.45) is 1.93. The van der Waals surface area contributed by atoms with Crippen molar-refractivity contribution in [2.75, 3.05) is 10.6 Å². The van der Waals surface area contributed by atoms with Crippen LogP contribution in [-0.4, -0.2) is 20.7 Å². The third kappa shape index (κ3) is 4.33. The first kappa shape index (κ1) is 20.8. The molecule has 0 bridgehead atoms. The average Bonchev–Trinajstić information content (AvgIpc) is 3.22. The number of hydrogen-bond donors (Lipinski definition) is 2. The summed E-state index contributed by atoms with van der Waals surface area (Å²) < 4.78 is 28.3. The van der Waals surface area contributed by atoms with Crippen LogP contribution in [0.4, 0.5) is 20.7 Å². The maximum atomic E-state index is 13.5. The fourth-order valence-electron chi connectivity index (χ4n) is 3.52. The summed E-state index contributed by atoms with van der Waals surface area (Å²) >= 11 is 6.02. The van der Waals surface area contributed by atoms with Crippen LogP contribution in [0.15, 0.2) is 78.9 Å². The minimum absolute atomic E-state index is 0.0738. The second kappa shape index (κ2) is 8.48. The Morgan fingerprint density at radius 2 is 1.58 bits per heavy atom. The number of rotatable bonds is 4. The molecule has 0 saturated heterocycles. The first-order valence-corrected chi connectivity index (χ1v) is 10.4. The second-order valence-corrected chi connectivity index (χ2v) is 7.81. The van der Waals surface area contributed by atoms with Crippen molar-refractivity contribution in [3.8, 4) is 0 Å². The molecule has 1 unspecified atom stereocenters. The van der Waals surface area contributed by atoms with Crippen molar-refractivity contribution in [2.24, 2.45) is 0 Å². The highest BCUT2D eigenvalue weighted by Gasteiger charge is 2.26. The number of allylic oxidation sites excluding steroid dienone is 1. The van der Waals surface area contributed by atoms with Gasteiger partial charge in [-0.3, -0.25) is 10.1 Å². The number of anilines is 2. The molecule has 0 saturated carbocycles. The zero-order valence-electron chi connectivity index (χ0n) is 17.0. The van der Waals surface area contributed by atoms with Gasteiger partial charge in [-0.15, -0.1) is 5.10 Å². The van der Waals surface area contributed by atoms with E-state index in [1.165, 1.54) is 36.4 Å². The molecule has 0 fully saturated rings. The Kier molecular flexibility index (Phi) is 5.35. The third-order valence-electron chi connectivity index (χ3n) is 5.16. The standard InChI is InChI=1S/C24H16ClF2N5O/c25-17-7-1-14(2-8-17)20-13-21(15-3-9-18(26)10-4-15)32-24(28-20)30-23(31-32)29-22(33)16-5-11-19(27)12-6-16/h1-13,21H,(H2,28,29,30,31,33). The summed E-state index contributed by atoms with van der Waals surface area (Å²) in [5.41, 5.74) is 2.69. The molecule has 164 valence electrons. The first-order chi connectivity index (χ1) is 16.0. The summed E-state index contributed by atoms with van der Waals surface area (Å²) in [6, 6.07) is 18.1. The minimum Gasteiger partial charge on any atom is -0.324 e. The highest BCUT2D eigenvalue weighted by molar-refractivity contribution is 6.30. The van der Waals surface area contributed by atoms with E-state index in [-0.39, 0.29) is 17.3 Å². The summed E-state index contributed by atoms with van der Waals surface area (Å²) in [7, 11) is 0.